The van der Waals surface area contributed by atoms with Gasteiger partial charge >= 0.3 is 0 Å². The summed E-state index contributed by atoms with van der Waals surface area (Å²) in [5, 5.41) is 30.1. The lowest BCUT2D eigenvalue weighted by Crippen LogP contribution is -2.54. The van der Waals surface area contributed by atoms with E-state index in [1.807, 2.05) is 36.4 Å². The lowest BCUT2D eigenvalue weighted by atomic mass is 10.1. The summed E-state index contributed by atoms with van der Waals surface area (Å²) in [4.78, 5) is 0. The van der Waals surface area contributed by atoms with Crippen LogP contribution in [-0.4, -0.2) is 53.6 Å². The molecule has 2 aromatic carbocycles. The van der Waals surface area contributed by atoms with Gasteiger partial charge in [-0.3, -0.25) is 0 Å². The van der Waals surface area contributed by atoms with Crippen molar-refractivity contribution < 1.29 is 33.9 Å². The van der Waals surface area contributed by atoms with Crippen molar-refractivity contribution >= 4 is 11.0 Å². The highest BCUT2D eigenvalue weighted by Gasteiger charge is 2.38. The third kappa shape index (κ3) is 3.50. The molecule has 1 fully saturated rings. The summed E-state index contributed by atoms with van der Waals surface area (Å²) < 4.78 is 21.9. The molecule has 1 saturated heterocycles. The van der Waals surface area contributed by atoms with Crippen LogP contribution in [0.2, 0.25) is 0 Å². The van der Waals surface area contributed by atoms with Crippen LogP contribution in [0.15, 0.2) is 52.9 Å². The van der Waals surface area contributed by atoms with Crippen LogP contribution in [0.5, 0.6) is 11.5 Å². The predicted molar refractivity (Wildman–Crippen MR) is 96.6 cm³/mol. The topological polar surface area (TPSA) is 102 Å². The second-order valence-corrected chi connectivity index (χ2v) is 6.41. The average molecular weight is 372 g/mol. The molecule has 3 N–H and O–H groups in total. The molecule has 4 rings (SSSR count). The zero-order valence-corrected chi connectivity index (χ0v) is 14.6. The monoisotopic (exact) mass is 372 g/mol. The number of hydrogen-bond donors (Lipinski definition) is 3. The minimum Gasteiger partial charge on any atom is -0.497 e. The molecule has 1 aliphatic rings. The van der Waals surface area contributed by atoms with E-state index in [-0.39, 0.29) is 6.61 Å². The first kappa shape index (κ1) is 17.8. The fourth-order valence-corrected chi connectivity index (χ4v) is 3.00. The van der Waals surface area contributed by atoms with Crippen molar-refractivity contribution in [2.75, 3.05) is 13.7 Å². The highest BCUT2D eigenvalue weighted by molar-refractivity contribution is 5.84. The Labute approximate surface area is 155 Å². The molecule has 2 heterocycles. The number of furan rings is 1. The van der Waals surface area contributed by atoms with Gasteiger partial charge in [0, 0.05) is 17.0 Å². The van der Waals surface area contributed by atoms with Gasteiger partial charge in [0.1, 0.15) is 41.2 Å². The maximum atomic E-state index is 9.94. The van der Waals surface area contributed by atoms with Crippen LogP contribution < -0.4 is 9.47 Å². The Morgan fingerprint density at radius 3 is 2.41 bits per heavy atom. The van der Waals surface area contributed by atoms with Crippen LogP contribution >= 0.6 is 0 Å². The zero-order valence-electron chi connectivity index (χ0n) is 14.6. The molecule has 27 heavy (non-hydrogen) atoms. The Kier molecular flexibility index (Phi) is 4.75. The molecule has 0 saturated carbocycles. The Bertz CT molecular complexity index is 918. The highest BCUT2D eigenvalue weighted by Crippen LogP contribution is 2.31. The van der Waals surface area contributed by atoms with E-state index in [4.69, 9.17) is 18.6 Å². The summed E-state index contributed by atoms with van der Waals surface area (Å²) in [6.07, 6.45) is -4.82. The first-order valence-corrected chi connectivity index (χ1v) is 8.55. The first-order chi connectivity index (χ1) is 13.0. The summed E-state index contributed by atoms with van der Waals surface area (Å²) >= 11 is 0. The van der Waals surface area contributed by atoms with E-state index in [1.54, 1.807) is 19.2 Å². The van der Waals surface area contributed by atoms with E-state index in [0.29, 0.717) is 11.5 Å². The fraction of sp³-hybridized carbons (Fsp3) is 0.300. The molecule has 4 atom stereocenters. The van der Waals surface area contributed by atoms with E-state index in [0.717, 1.165) is 22.3 Å². The number of aliphatic hydroxyl groups excluding tert-OH is 3. The van der Waals surface area contributed by atoms with Crippen molar-refractivity contribution in [2.45, 2.75) is 24.6 Å². The van der Waals surface area contributed by atoms with Crippen LogP contribution in [0.25, 0.3) is 22.3 Å². The number of hydrogen-bond acceptors (Lipinski definition) is 7. The van der Waals surface area contributed by atoms with Gasteiger partial charge in [0.15, 0.2) is 0 Å². The first-order valence-electron chi connectivity index (χ1n) is 8.55. The van der Waals surface area contributed by atoms with Crippen LogP contribution in [0.3, 0.4) is 0 Å². The van der Waals surface area contributed by atoms with E-state index < -0.39 is 24.6 Å². The number of aliphatic hydroxyl groups is 3. The molecule has 1 aliphatic heterocycles. The van der Waals surface area contributed by atoms with Crippen molar-refractivity contribution in [1.82, 2.24) is 0 Å². The second kappa shape index (κ2) is 7.21. The van der Waals surface area contributed by atoms with Crippen molar-refractivity contribution in [3.63, 3.8) is 0 Å². The second-order valence-electron chi connectivity index (χ2n) is 6.41. The lowest BCUT2D eigenvalue weighted by molar-refractivity contribution is -0.242. The summed E-state index contributed by atoms with van der Waals surface area (Å²) in [6.45, 7) is -0.108. The average Bonchev–Trinajstić information content (AvgIpc) is 3.12. The summed E-state index contributed by atoms with van der Waals surface area (Å²) in [7, 11) is 1.61. The van der Waals surface area contributed by atoms with Gasteiger partial charge in [0.25, 0.3) is 0 Å². The van der Waals surface area contributed by atoms with E-state index in [9.17, 15) is 15.3 Å². The summed E-state index contributed by atoms with van der Waals surface area (Å²) in [6, 6.07) is 14.7. The van der Waals surface area contributed by atoms with E-state index in [2.05, 4.69) is 0 Å². The van der Waals surface area contributed by atoms with Crippen molar-refractivity contribution in [3.8, 4) is 22.8 Å². The molecule has 0 amide bonds. The summed E-state index contributed by atoms with van der Waals surface area (Å²) in [5.74, 6) is 1.90. The van der Waals surface area contributed by atoms with Crippen molar-refractivity contribution in [2.24, 2.45) is 0 Å². The molecule has 0 radical (unpaired) electrons. The molecule has 0 bridgehead atoms. The molecule has 0 spiro atoms. The highest BCUT2D eigenvalue weighted by atomic mass is 16.7. The van der Waals surface area contributed by atoms with Gasteiger partial charge in [0.2, 0.25) is 6.29 Å². The van der Waals surface area contributed by atoms with Gasteiger partial charge in [-0.25, -0.2) is 0 Å². The Hall–Kier alpha value is -2.58. The fourth-order valence-electron chi connectivity index (χ4n) is 3.00. The van der Waals surface area contributed by atoms with Gasteiger partial charge in [-0.15, -0.1) is 0 Å². The van der Waals surface area contributed by atoms with Crippen LogP contribution in [0, 0.1) is 0 Å². The largest absolute Gasteiger partial charge is 0.497 e. The van der Waals surface area contributed by atoms with Gasteiger partial charge in [0.05, 0.1) is 13.7 Å². The maximum Gasteiger partial charge on any atom is 0.228 e. The molecule has 1 aromatic heterocycles. The molecule has 142 valence electrons. The minimum atomic E-state index is -1.33. The van der Waals surface area contributed by atoms with Gasteiger partial charge in [-0.2, -0.15) is 0 Å². The van der Waals surface area contributed by atoms with E-state index in [1.165, 1.54) is 0 Å². The van der Waals surface area contributed by atoms with Gasteiger partial charge < -0.3 is 33.9 Å². The molecular weight excluding hydrogens is 352 g/mol. The third-order valence-electron chi connectivity index (χ3n) is 4.57. The molecule has 3 aromatic rings. The number of fused-ring (bicyclic) bond motifs is 1. The predicted octanol–water partition coefficient (Wildman–Crippen LogP) is 1.93. The Morgan fingerprint density at radius 2 is 1.67 bits per heavy atom. The van der Waals surface area contributed by atoms with Gasteiger partial charge in [-0.05, 0) is 42.5 Å². The number of ether oxygens (including phenoxy) is 3. The summed E-state index contributed by atoms with van der Waals surface area (Å²) in [5.41, 5.74) is 1.59. The smallest absolute Gasteiger partial charge is 0.228 e. The van der Waals surface area contributed by atoms with E-state index >= 15 is 0 Å². The molecular formula is C20H20O7. The Morgan fingerprint density at radius 1 is 0.926 bits per heavy atom. The van der Waals surface area contributed by atoms with Gasteiger partial charge in [-0.1, -0.05) is 0 Å². The molecule has 7 nitrogen and oxygen atoms in total. The van der Waals surface area contributed by atoms with Crippen molar-refractivity contribution in [1.29, 1.82) is 0 Å². The van der Waals surface area contributed by atoms with Crippen LogP contribution in [0.4, 0.5) is 0 Å². The molecule has 7 heteroatoms. The number of rotatable bonds is 4. The number of methoxy groups -OCH3 is 1. The van der Waals surface area contributed by atoms with Crippen LogP contribution in [-0.2, 0) is 4.74 Å². The minimum absolute atomic E-state index is 0.108. The standard InChI is InChI=1S/C20H20O7/c1-24-14-7-4-12-8-16(27-17(12)9-14)11-2-5-13(6-3-11)26-20-19(23)18(22)15(21)10-25-20/h2-9,15,18-23H,10H2,1H3/t15-,18-,19+,20+/m0/s1. The Balaban J connectivity index is 1.50. The normalized spacial score (nSPS) is 25.5. The van der Waals surface area contributed by atoms with Crippen LogP contribution in [0.1, 0.15) is 0 Å². The molecule has 0 unspecified atom stereocenters. The third-order valence-corrected chi connectivity index (χ3v) is 4.57. The lowest BCUT2D eigenvalue weighted by Gasteiger charge is -2.34. The quantitative estimate of drug-likeness (QED) is 0.643. The van der Waals surface area contributed by atoms with Crippen molar-refractivity contribution in [3.05, 3.63) is 48.5 Å². The zero-order chi connectivity index (χ0) is 19.0. The number of benzene rings is 2. The molecule has 0 aliphatic carbocycles. The maximum absolute atomic E-state index is 9.94. The SMILES string of the molecule is COc1ccc2cc(-c3ccc(O[C@H]4OC[C@H](O)[C@H](O)[C@H]4O)cc3)oc2c1.